The third-order valence-corrected chi connectivity index (χ3v) is 3.43. The molecule has 2 rings (SSSR count). The minimum absolute atomic E-state index is 0.0158. The van der Waals surface area contributed by atoms with E-state index in [2.05, 4.69) is 10.1 Å². The Morgan fingerprint density at radius 1 is 1.50 bits per heavy atom. The molecule has 0 aromatic heterocycles. The Kier molecular flexibility index (Phi) is 4.77. The summed E-state index contributed by atoms with van der Waals surface area (Å²) in [6.07, 6.45) is 0. The summed E-state index contributed by atoms with van der Waals surface area (Å²) in [7, 11) is 1.21. The molecule has 22 heavy (non-hydrogen) atoms. The smallest absolute Gasteiger partial charge is 0.337 e. The number of nitrogens with one attached hydrogen (secondary N) is 1. The number of para-hydroxylation sites is 1. The first-order valence-electron chi connectivity index (χ1n) is 6.73. The van der Waals surface area contributed by atoms with E-state index < -0.39 is 17.7 Å². The molecule has 0 atom stereocenters. The van der Waals surface area contributed by atoms with Gasteiger partial charge < -0.3 is 20.1 Å². The number of aryl methyl sites for hydroxylation is 1. The molecule has 7 heteroatoms. The molecule has 1 aliphatic rings. The van der Waals surface area contributed by atoms with E-state index in [1.54, 1.807) is 19.1 Å². The first kappa shape index (κ1) is 16.0. The Morgan fingerprint density at radius 3 is 2.82 bits per heavy atom. The maximum atomic E-state index is 13.9. The van der Waals surface area contributed by atoms with Gasteiger partial charge >= 0.3 is 5.97 Å². The molecular formula is C15H17FN2O4. The number of anilines is 1. The van der Waals surface area contributed by atoms with Crippen molar-refractivity contribution in [1.82, 2.24) is 4.90 Å². The summed E-state index contributed by atoms with van der Waals surface area (Å²) in [6, 6.07) is 4.51. The quantitative estimate of drug-likeness (QED) is 0.787. The van der Waals surface area contributed by atoms with E-state index in [-0.39, 0.29) is 36.7 Å². The molecule has 0 radical (unpaired) electrons. The summed E-state index contributed by atoms with van der Waals surface area (Å²) in [5.74, 6) is -1.66. The van der Waals surface area contributed by atoms with Crippen molar-refractivity contribution in [3.63, 3.8) is 0 Å². The topological polar surface area (TPSA) is 78.9 Å². The highest BCUT2D eigenvalue weighted by Crippen LogP contribution is 2.26. The highest BCUT2D eigenvalue weighted by atomic mass is 19.1. The molecule has 0 saturated carbocycles. The zero-order valence-electron chi connectivity index (χ0n) is 12.4. The fraction of sp³-hybridized carbons (Fsp3) is 0.333. The van der Waals surface area contributed by atoms with E-state index >= 15 is 0 Å². The van der Waals surface area contributed by atoms with Gasteiger partial charge in [0.05, 0.1) is 31.5 Å². The van der Waals surface area contributed by atoms with Crippen LogP contribution >= 0.6 is 0 Å². The maximum absolute atomic E-state index is 13.9. The molecule has 1 heterocycles. The van der Waals surface area contributed by atoms with E-state index in [1.165, 1.54) is 18.1 Å². The average molecular weight is 308 g/mol. The Labute approximate surface area is 127 Å². The van der Waals surface area contributed by atoms with E-state index in [0.717, 1.165) is 0 Å². The van der Waals surface area contributed by atoms with Gasteiger partial charge in [-0.15, -0.1) is 0 Å². The second kappa shape index (κ2) is 6.57. The van der Waals surface area contributed by atoms with Gasteiger partial charge in [0.1, 0.15) is 11.5 Å². The Morgan fingerprint density at radius 2 is 2.23 bits per heavy atom. The number of aliphatic hydroxyl groups excluding tert-OH is 1. The van der Waals surface area contributed by atoms with E-state index in [1.807, 2.05) is 0 Å². The summed E-state index contributed by atoms with van der Waals surface area (Å²) < 4.78 is 18.6. The second-order valence-electron chi connectivity index (χ2n) is 4.85. The number of hydrogen-bond donors (Lipinski definition) is 2. The van der Waals surface area contributed by atoms with Crippen LogP contribution < -0.4 is 5.32 Å². The standard InChI is InChI=1S/C15H17FN2O4/c1-9-4-3-5-11(16)12(9)17-13-10(15(21)22-2)8-18(6-7-19)14(13)20/h3-5,17,19H,6-8H2,1-2H3. The average Bonchev–Trinajstić information content (AvgIpc) is 2.80. The molecule has 6 nitrogen and oxygen atoms in total. The predicted octanol–water partition coefficient (Wildman–Crippen LogP) is 0.808. The van der Waals surface area contributed by atoms with Gasteiger partial charge in [-0.3, -0.25) is 4.79 Å². The molecular weight excluding hydrogens is 291 g/mol. The molecule has 0 saturated heterocycles. The molecule has 0 spiro atoms. The number of rotatable bonds is 5. The highest BCUT2D eigenvalue weighted by Gasteiger charge is 2.34. The minimum atomic E-state index is -0.662. The molecule has 1 amide bonds. The van der Waals surface area contributed by atoms with Gasteiger partial charge in [0.2, 0.25) is 0 Å². The number of ether oxygens (including phenoxy) is 1. The van der Waals surface area contributed by atoms with Crippen LogP contribution in [-0.2, 0) is 14.3 Å². The summed E-state index contributed by atoms with van der Waals surface area (Å²) in [5, 5.41) is 11.7. The van der Waals surface area contributed by atoms with E-state index in [9.17, 15) is 14.0 Å². The Bertz CT molecular complexity index is 622. The van der Waals surface area contributed by atoms with Crippen LogP contribution in [0.4, 0.5) is 10.1 Å². The zero-order chi connectivity index (χ0) is 16.3. The number of methoxy groups -OCH3 is 1. The van der Waals surface area contributed by atoms with E-state index in [0.29, 0.717) is 5.56 Å². The maximum Gasteiger partial charge on any atom is 0.337 e. The second-order valence-corrected chi connectivity index (χ2v) is 4.85. The Balaban J connectivity index is 2.39. The molecule has 0 bridgehead atoms. The van der Waals surface area contributed by atoms with Crippen LogP contribution in [-0.4, -0.2) is 48.7 Å². The van der Waals surface area contributed by atoms with Crippen molar-refractivity contribution in [1.29, 1.82) is 0 Å². The lowest BCUT2D eigenvalue weighted by Gasteiger charge is -2.15. The van der Waals surface area contributed by atoms with Gasteiger partial charge in [-0.2, -0.15) is 0 Å². The number of hydrogen-bond acceptors (Lipinski definition) is 5. The zero-order valence-corrected chi connectivity index (χ0v) is 12.4. The molecule has 2 N–H and O–H groups in total. The van der Waals surface area contributed by atoms with Crippen molar-refractivity contribution in [2.45, 2.75) is 6.92 Å². The number of esters is 1. The number of nitrogens with zero attached hydrogens (tertiary/aromatic N) is 1. The molecule has 118 valence electrons. The van der Waals surface area contributed by atoms with Crippen molar-refractivity contribution < 1.29 is 23.8 Å². The largest absolute Gasteiger partial charge is 0.466 e. The normalized spacial score (nSPS) is 14.5. The summed E-state index contributed by atoms with van der Waals surface area (Å²) in [5.41, 5.74) is 0.834. The van der Waals surface area contributed by atoms with Crippen LogP contribution in [0.1, 0.15) is 5.56 Å². The van der Waals surface area contributed by atoms with Gasteiger partial charge in [0.25, 0.3) is 5.91 Å². The van der Waals surface area contributed by atoms with Gasteiger partial charge in [0, 0.05) is 6.54 Å². The van der Waals surface area contributed by atoms with Crippen molar-refractivity contribution in [3.8, 4) is 0 Å². The van der Waals surface area contributed by atoms with Crippen LogP contribution in [0.5, 0.6) is 0 Å². The van der Waals surface area contributed by atoms with Gasteiger partial charge in [-0.1, -0.05) is 12.1 Å². The SMILES string of the molecule is COC(=O)C1=C(Nc2c(C)cccc2F)C(=O)N(CCO)C1. The van der Waals surface area contributed by atoms with Crippen LogP contribution in [0.3, 0.4) is 0 Å². The van der Waals surface area contributed by atoms with Gasteiger partial charge in [-0.25, -0.2) is 9.18 Å². The molecule has 0 unspecified atom stereocenters. The van der Waals surface area contributed by atoms with Gasteiger partial charge in [0.15, 0.2) is 0 Å². The lowest BCUT2D eigenvalue weighted by atomic mass is 10.1. The van der Waals surface area contributed by atoms with Crippen LogP contribution in [0.15, 0.2) is 29.5 Å². The lowest BCUT2D eigenvalue weighted by molar-refractivity contribution is -0.136. The summed E-state index contributed by atoms with van der Waals surface area (Å²) >= 11 is 0. The molecule has 1 aromatic rings. The number of carbonyl (C=O) groups is 2. The highest BCUT2D eigenvalue weighted by molar-refractivity contribution is 6.08. The number of aliphatic hydroxyl groups is 1. The van der Waals surface area contributed by atoms with Gasteiger partial charge in [-0.05, 0) is 18.6 Å². The predicted molar refractivity (Wildman–Crippen MR) is 77.5 cm³/mol. The van der Waals surface area contributed by atoms with Crippen molar-refractivity contribution >= 4 is 17.6 Å². The first-order valence-corrected chi connectivity index (χ1v) is 6.73. The number of β-amino-alcohol motifs (C(OH)–C–C–N with tert-alkyl or cyclic N) is 1. The fourth-order valence-corrected chi connectivity index (χ4v) is 2.26. The minimum Gasteiger partial charge on any atom is -0.466 e. The van der Waals surface area contributed by atoms with Crippen molar-refractivity contribution in [2.24, 2.45) is 0 Å². The lowest BCUT2D eigenvalue weighted by Crippen LogP contribution is -2.31. The molecule has 1 aromatic carbocycles. The monoisotopic (exact) mass is 308 g/mol. The number of amides is 1. The van der Waals surface area contributed by atoms with Crippen LogP contribution in [0, 0.1) is 12.7 Å². The van der Waals surface area contributed by atoms with Crippen molar-refractivity contribution in [2.75, 3.05) is 32.1 Å². The first-order chi connectivity index (χ1) is 10.5. The molecule has 0 aliphatic carbocycles. The third-order valence-electron chi connectivity index (χ3n) is 3.43. The summed E-state index contributed by atoms with van der Waals surface area (Å²) in [4.78, 5) is 25.4. The molecule has 1 aliphatic heterocycles. The van der Waals surface area contributed by atoms with Crippen LogP contribution in [0.25, 0.3) is 0 Å². The van der Waals surface area contributed by atoms with Crippen LogP contribution in [0.2, 0.25) is 0 Å². The fourth-order valence-electron chi connectivity index (χ4n) is 2.26. The number of carbonyl (C=O) groups excluding carboxylic acids is 2. The Hall–Kier alpha value is -2.41. The van der Waals surface area contributed by atoms with Crippen molar-refractivity contribution in [3.05, 3.63) is 40.8 Å². The summed E-state index contributed by atoms with van der Waals surface area (Å²) in [6.45, 7) is 1.56. The third kappa shape index (κ3) is 2.94. The number of benzene rings is 1. The molecule has 0 fully saturated rings. The van der Waals surface area contributed by atoms with E-state index in [4.69, 9.17) is 5.11 Å². The number of halogens is 1.